The Labute approximate surface area is 113 Å². The molecule has 1 N–H and O–H groups in total. The molecule has 0 bridgehead atoms. The van der Waals surface area contributed by atoms with Gasteiger partial charge in [0, 0.05) is 12.0 Å². The number of hydrogen-bond donors (Lipinski definition) is 1. The molecule has 1 fully saturated rings. The lowest BCUT2D eigenvalue weighted by Crippen LogP contribution is -2.49. The number of fused-ring (bicyclic) bond motifs is 1. The molecule has 1 heterocycles. The van der Waals surface area contributed by atoms with Crippen LogP contribution in [0.1, 0.15) is 51.2 Å². The standard InChI is InChI=1S/C16H21FO2/c1-10-5-6-16(11(2)7-10)9-14(18)13-8-12(17)3-4-15(13)19-16/h3-4,8,10-11,14,18H,5-7,9H2,1-2H3/t10?,11?,14-,16?/m1/s1. The molecule has 19 heavy (non-hydrogen) atoms. The van der Waals surface area contributed by atoms with Gasteiger partial charge in [0.2, 0.25) is 0 Å². The summed E-state index contributed by atoms with van der Waals surface area (Å²) in [6.45, 7) is 4.48. The van der Waals surface area contributed by atoms with Gasteiger partial charge in [-0.15, -0.1) is 0 Å². The number of halogens is 1. The zero-order chi connectivity index (χ0) is 13.6. The summed E-state index contributed by atoms with van der Waals surface area (Å²) in [4.78, 5) is 0. The first-order chi connectivity index (χ1) is 9.00. The fourth-order valence-corrected chi connectivity index (χ4v) is 3.70. The number of aliphatic hydroxyl groups is 1. The van der Waals surface area contributed by atoms with Crippen molar-refractivity contribution in [1.29, 1.82) is 0 Å². The van der Waals surface area contributed by atoms with Crippen LogP contribution in [0.4, 0.5) is 4.39 Å². The van der Waals surface area contributed by atoms with E-state index < -0.39 is 6.10 Å². The molecule has 0 radical (unpaired) electrons. The Morgan fingerprint density at radius 2 is 2.16 bits per heavy atom. The smallest absolute Gasteiger partial charge is 0.126 e. The van der Waals surface area contributed by atoms with Crippen LogP contribution in [-0.4, -0.2) is 10.7 Å². The van der Waals surface area contributed by atoms with E-state index in [1.54, 1.807) is 6.07 Å². The van der Waals surface area contributed by atoms with Gasteiger partial charge in [-0.05, 0) is 49.3 Å². The summed E-state index contributed by atoms with van der Waals surface area (Å²) in [5, 5.41) is 10.3. The van der Waals surface area contributed by atoms with Gasteiger partial charge >= 0.3 is 0 Å². The Morgan fingerprint density at radius 3 is 2.89 bits per heavy atom. The van der Waals surface area contributed by atoms with E-state index in [1.165, 1.54) is 12.1 Å². The van der Waals surface area contributed by atoms with Gasteiger partial charge in [-0.3, -0.25) is 0 Å². The summed E-state index contributed by atoms with van der Waals surface area (Å²) in [6, 6.07) is 4.45. The lowest BCUT2D eigenvalue weighted by molar-refractivity contribution is -0.0803. The summed E-state index contributed by atoms with van der Waals surface area (Å²) in [5.41, 5.74) is 0.327. The highest BCUT2D eigenvalue weighted by atomic mass is 19.1. The zero-order valence-corrected chi connectivity index (χ0v) is 11.5. The van der Waals surface area contributed by atoms with Gasteiger partial charge in [-0.2, -0.15) is 0 Å². The van der Waals surface area contributed by atoms with Crippen molar-refractivity contribution in [3.63, 3.8) is 0 Å². The fourth-order valence-electron chi connectivity index (χ4n) is 3.70. The molecule has 1 aromatic rings. The number of rotatable bonds is 0. The van der Waals surface area contributed by atoms with Crippen LogP contribution in [0.2, 0.25) is 0 Å². The molecule has 1 aromatic carbocycles. The quantitative estimate of drug-likeness (QED) is 0.771. The molecule has 3 rings (SSSR count). The maximum Gasteiger partial charge on any atom is 0.126 e. The molecule has 1 aliphatic heterocycles. The molecule has 2 nitrogen and oxygen atoms in total. The topological polar surface area (TPSA) is 29.5 Å². The molecule has 4 atom stereocenters. The second kappa shape index (κ2) is 4.48. The van der Waals surface area contributed by atoms with Crippen LogP contribution in [0, 0.1) is 17.7 Å². The van der Waals surface area contributed by atoms with E-state index in [2.05, 4.69) is 13.8 Å². The first-order valence-corrected chi connectivity index (χ1v) is 7.17. The van der Waals surface area contributed by atoms with Crippen LogP contribution in [0.25, 0.3) is 0 Å². The summed E-state index contributed by atoms with van der Waals surface area (Å²) in [6.07, 6.45) is 3.20. The molecule has 0 aromatic heterocycles. The number of ether oxygens (including phenoxy) is 1. The molecule has 0 saturated heterocycles. The van der Waals surface area contributed by atoms with Crippen LogP contribution in [0.15, 0.2) is 18.2 Å². The third-order valence-corrected chi connectivity index (χ3v) is 4.90. The second-order valence-corrected chi connectivity index (χ2v) is 6.35. The summed E-state index contributed by atoms with van der Waals surface area (Å²) in [5.74, 6) is 1.48. The lowest BCUT2D eigenvalue weighted by atomic mass is 9.68. The Hall–Kier alpha value is -1.09. The average Bonchev–Trinajstić information content (AvgIpc) is 2.36. The van der Waals surface area contributed by atoms with E-state index in [4.69, 9.17) is 4.74 Å². The normalized spacial score (nSPS) is 37.8. The molecule has 3 heteroatoms. The minimum Gasteiger partial charge on any atom is -0.487 e. The fraction of sp³-hybridized carbons (Fsp3) is 0.625. The van der Waals surface area contributed by atoms with Crippen LogP contribution >= 0.6 is 0 Å². The van der Waals surface area contributed by atoms with Gasteiger partial charge in [0.05, 0.1) is 6.10 Å². The maximum atomic E-state index is 13.3. The number of hydrogen-bond acceptors (Lipinski definition) is 2. The Morgan fingerprint density at radius 1 is 1.37 bits per heavy atom. The molecular formula is C16H21FO2. The Bertz CT molecular complexity index is 488. The Balaban J connectivity index is 1.94. The van der Waals surface area contributed by atoms with Crippen LogP contribution in [0.5, 0.6) is 5.75 Å². The van der Waals surface area contributed by atoms with Crippen molar-refractivity contribution in [2.75, 3.05) is 0 Å². The summed E-state index contributed by atoms with van der Waals surface area (Å²) < 4.78 is 19.5. The van der Waals surface area contributed by atoms with E-state index in [1.807, 2.05) is 0 Å². The van der Waals surface area contributed by atoms with Crippen LogP contribution in [-0.2, 0) is 0 Å². The lowest BCUT2D eigenvalue weighted by Gasteiger charge is -2.48. The van der Waals surface area contributed by atoms with Gasteiger partial charge in [0.15, 0.2) is 0 Å². The van der Waals surface area contributed by atoms with Gasteiger partial charge in [0.1, 0.15) is 17.2 Å². The van der Waals surface area contributed by atoms with E-state index >= 15 is 0 Å². The van der Waals surface area contributed by atoms with Crippen molar-refractivity contribution < 1.29 is 14.2 Å². The van der Waals surface area contributed by atoms with Crippen molar-refractivity contribution in [2.24, 2.45) is 11.8 Å². The van der Waals surface area contributed by atoms with Crippen molar-refractivity contribution in [3.05, 3.63) is 29.6 Å². The summed E-state index contributed by atoms with van der Waals surface area (Å²) >= 11 is 0. The molecule has 1 saturated carbocycles. The van der Waals surface area contributed by atoms with E-state index in [0.29, 0.717) is 23.7 Å². The predicted molar refractivity (Wildman–Crippen MR) is 71.5 cm³/mol. The molecule has 104 valence electrons. The Kier molecular flexibility index (Phi) is 3.05. The summed E-state index contributed by atoms with van der Waals surface area (Å²) in [7, 11) is 0. The minimum atomic E-state index is -0.615. The monoisotopic (exact) mass is 264 g/mol. The minimum absolute atomic E-state index is 0.267. The highest BCUT2D eigenvalue weighted by Crippen LogP contribution is 2.49. The van der Waals surface area contributed by atoms with Gasteiger partial charge in [-0.1, -0.05) is 13.8 Å². The molecular weight excluding hydrogens is 243 g/mol. The number of benzene rings is 1. The van der Waals surface area contributed by atoms with E-state index in [0.717, 1.165) is 25.2 Å². The van der Waals surface area contributed by atoms with Crippen molar-refractivity contribution in [3.8, 4) is 5.75 Å². The molecule has 2 aliphatic rings. The molecule has 0 amide bonds. The second-order valence-electron chi connectivity index (χ2n) is 6.35. The molecule has 1 aliphatic carbocycles. The zero-order valence-electron chi connectivity index (χ0n) is 11.5. The van der Waals surface area contributed by atoms with Gasteiger partial charge in [-0.25, -0.2) is 4.39 Å². The highest BCUT2D eigenvalue weighted by molar-refractivity contribution is 5.38. The van der Waals surface area contributed by atoms with E-state index in [9.17, 15) is 9.50 Å². The molecule has 1 spiro atoms. The van der Waals surface area contributed by atoms with Crippen LogP contribution in [0.3, 0.4) is 0 Å². The van der Waals surface area contributed by atoms with Gasteiger partial charge in [0.25, 0.3) is 0 Å². The largest absolute Gasteiger partial charge is 0.487 e. The highest BCUT2D eigenvalue weighted by Gasteiger charge is 2.47. The van der Waals surface area contributed by atoms with Crippen molar-refractivity contribution in [1.82, 2.24) is 0 Å². The van der Waals surface area contributed by atoms with Crippen molar-refractivity contribution >= 4 is 0 Å². The first kappa shape index (κ1) is 12.9. The predicted octanol–water partition coefficient (Wildman–Crippen LogP) is 3.84. The maximum absolute atomic E-state index is 13.3. The SMILES string of the molecule is CC1CCC2(C[C@@H](O)c3cc(F)ccc3O2)C(C)C1. The average molecular weight is 264 g/mol. The van der Waals surface area contributed by atoms with Crippen LogP contribution < -0.4 is 4.74 Å². The van der Waals surface area contributed by atoms with E-state index in [-0.39, 0.29) is 11.4 Å². The van der Waals surface area contributed by atoms with Gasteiger partial charge < -0.3 is 9.84 Å². The van der Waals surface area contributed by atoms with Crippen molar-refractivity contribution in [2.45, 2.75) is 51.2 Å². The third kappa shape index (κ3) is 2.14. The third-order valence-electron chi connectivity index (χ3n) is 4.90. The number of aliphatic hydroxyl groups excluding tert-OH is 1. The molecule has 3 unspecified atom stereocenters. The first-order valence-electron chi connectivity index (χ1n) is 7.17.